The third-order valence-corrected chi connectivity index (χ3v) is 3.04. The van der Waals surface area contributed by atoms with Gasteiger partial charge in [-0.3, -0.25) is 9.00 Å². The predicted molar refractivity (Wildman–Crippen MR) is 67.1 cm³/mol. The second kappa shape index (κ2) is 5.86. The van der Waals surface area contributed by atoms with Crippen LogP contribution in [0.25, 0.3) is 0 Å². The minimum absolute atomic E-state index is 0.243. The van der Waals surface area contributed by atoms with Gasteiger partial charge in [0.1, 0.15) is 0 Å². The number of rotatable bonds is 4. The maximum absolute atomic E-state index is 11.6. The van der Waals surface area contributed by atoms with E-state index in [1.54, 1.807) is 18.4 Å². The van der Waals surface area contributed by atoms with Crippen LogP contribution in [0.15, 0.2) is 18.2 Å². The van der Waals surface area contributed by atoms with E-state index in [4.69, 9.17) is 17.3 Å². The van der Waals surface area contributed by atoms with Crippen molar-refractivity contribution < 1.29 is 9.00 Å². The van der Waals surface area contributed by atoms with Gasteiger partial charge in [0.15, 0.2) is 0 Å². The Kier molecular flexibility index (Phi) is 4.76. The molecule has 0 radical (unpaired) electrons. The lowest BCUT2D eigenvalue weighted by atomic mass is 10.2. The first-order chi connectivity index (χ1) is 7.50. The van der Waals surface area contributed by atoms with E-state index >= 15 is 0 Å². The number of anilines is 1. The van der Waals surface area contributed by atoms with Crippen LogP contribution >= 0.6 is 11.6 Å². The summed E-state index contributed by atoms with van der Waals surface area (Å²) in [4.78, 5) is 11.6. The highest BCUT2D eigenvalue weighted by atomic mass is 35.5. The molecule has 3 N–H and O–H groups in total. The quantitative estimate of drug-likeness (QED) is 0.795. The molecule has 6 heteroatoms. The van der Waals surface area contributed by atoms with Gasteiger partial charge >= 0.3 is 0 Å². The van der Waals surface area contributed by atoms with Gasteiger partial charge in [0.25, 0.3) is 5.91 Å². The van der Waals surface area contributed by atoms with Crippen molar-refractivity contribution >= 4 is 34.0 Å². The van der Waals surface area contributed by atoms with Crippen LogP contribution in [-0.2, 0) is 10.8 Å². The number of carbonyl (C=O) groups is 1. The largest absolute Gasteiger partial charge is 0.398 e. The molecule has 0 spiro atoms. The topological polar surface area (TPSA) is 72.2 Å². The Morgan fingerprint density at radius 3 is 2.81 bits per heavy atom. The van der Waals surface area contributed by atoms with Gasteiger partial charge in [-0.25, -0.2) is 0 Å². The van der Waals surface area contributed by atoms with Gasteiger partial charge in [-0.1, -0.05) is 11.6 Å². The summed E-state index contributed by atoms with van der Waals surface area (Å²) in [6.07, 6.45) is 1.59. The first kappa shape index (κ1) is 13.0. The lowest BCUT2D eigenvalue weighted by Crippen LogP contribution is -2.27. The van der Waals surface area contributed by atoms with Gasteiger partial charge in [0.2, 0.25) is 0 Å². The number of hydrogen-bond donors (Lipinski definition) is 2. The molecular formula is C10H13ClN2O2S. The smallest absolute Gasteiger partial charge is 0.251 e. The molecule has 0 heterocycles. The zero-order valence-corrected chi connectivity index (χ0v) is 10.4. The van der Waals surface area contributed by atoms with Gasteiger partial charge in [-0.05, 0) is 18.2 Å². The van der Waals surface area contributed by atoms with Gasteiger partial charge in [-0.15, -0.1) is 0 Å². The number of halogens is 1. The van der Waals surface area contributed by atoms with Crippen LogP contribution in [0.3, 0.4) is 0 Å². The molecule has 0 saturated heterocycles. The summed E-state index contributed by atoms with van der Waals surface area (Å²) in [6.45, 7) is 0.379. The SMILES string of the molecule is CS(=O)CCNC(=O)c1ccc(N)c(Cl)c1. The van der Waals surface area contributed by atoms with Crippen molar-refractivity contribution in [2.24, 2.45) is 0 Å². The van der Waals surface area contributed by atoms with E-state index in [1.165, 1.54) is 6.07 Å². The zero-order chi connectivity index (χ0) is 12.1. The number of benzene rings is 1. The monoisotopic (exact) mass is 260 g/mol. The van der Waals surface area contributed by atoms with Crippen LogP contribution in [-0.4, -0.2) is 28.7 Å². The number of nitrogen functional groups attached to an aromatic ring is 1. The average molecular weight is 261 g/mol. The lowest BCUT2D eigenvalue weighted by molar-refractivity contribution is 0.0956. The molecular weight excluding hydrogens is 248 g/mol. The Balaban J connectivity index is 2.59. The molecule has 0 aliphatic carbocycles. The number of amides is 1. The van der Waals surface area contributed by atoms with Crippen LogP contribution in [0.5, 0.6) is 0 Å². The molecule has 1 atom stereocenters. The van der Waals surface area contributed by atoms with E-state index in [0.717, 1.165) is 0 Å². The van der Waals surface area contributed by atoms with E-state index in [2.05, 4.69) is 5.32 Å². The Morgan fingerprint density at radius 2 is 2.25 bits per heavy atom. The third-order valence-electron chi connectivity index (χ3n) is 1.94. The first-order valence-electron chi connectivity index (χ1n) is 4.64. The van der Waals surface area contributed by atoms with Crippen molar-refractivity contribution in [2.45, 2.75) is 0 Å². The highest BCUT2D eigenvalue weighted by Gasteiger charge is 2.06. The molecule has 1 aromatic rings. The third kappa shape index (κ3) is 3.83. The summed E-state index contributed by atoms with van der Waals surface area (Å²) in [5, 5.41) is 3.00. The molecule has 1 amide bonds. The number of nitrogens with one attached hydrogen (secondary N) is 1. The molecule has 0 saturated carbocycles. The van der Waals surface area contributed by atoms with Gasteiger partial charge < -0.3 is 11.1 Å². The Bertz CT molecular complexity index is 423. The van der Waals surface area contributed by atoms with Crippen molar-refractivity contribution in [2.75, 3.05) is 24.3 Å². The molecule has 0 aliphatic heterocycles. The van der Waals surface area contributed by atoms with E-state index in [1.807, 2.05) is 0 Å². The summed E-state index contributed by atoms with van der Waals surface area (Å²) in [5.41, 5.74) is 6.41. The zero-order valence-electron chi connectivity index (χ0n) is 8.83. The average Bonchev–Trinajstić information content (AvgIpc) is 2.21. The summed E-state index contributed by atoms with van der Waals surface area (Å²) >= 11 is 5.79. The van der Waals surface area contributed by atoms with E-state index in [-0.39, 0.29) is 5.91 Å². The van der Waals surface area contributed by atoms with Crippen LogP contribution in [0.1, 0.15) is 10.4 Å². The lowest BCUT2D eigenvalue weighted by Gasteiger charge is -2.05. The van der Waals surface area contributed by atoms with Crippen molar-refractivity contribution in [3.63, 3.8) is 0 Å². The molecule has 4 nitrogen and oxygen atoms in total. The first-order valence-corrected chi connectivity index (χ1v) is 6.74. The fraction of sp³-hybridized carbons (Fsp3) is 0.300. The van der Waals surface area contributed by atoms with Crippen molar-refractivity contribution in [1.29, 1.82) is 0 Å². The standard InChI is InChI=1S/C10H13ClN2O2S/c1-16(15)5-4-13-10(14)7-2-3-9(12)8(11)6-7/h2-3,6H,4-5,12H2,1H3,(H,13,14). The van der Waals surface area contributed by atoms with E-state index < -0.39 is 10.8 Å². The van der Waals surface area contributed by atoms with Crippen LogP contribution in [0, 0.1) is 0 Å². The van der Waals surface area contributed by atoms with Crippen molar-refractivity contribution in [1.82, 2.24) is 5.32 Å². The second-order valence-corrected chi connectivity index (χ2v) is 5.23. The highest BCUT2D eigenvalue weighted by molar-refractivity contribution is 7.84. The Morgan fingerprint density at radius 1 is 1.56 bits per heavy atom. The molecule has 0 bridgehead atoms. The summed E-state index contributed by atoms with van der Waals surface area (Å²) < 4.78 is 10.8. The van der Waals surface area contributed by atoms with Gasteiger partial charge in [0, 0.05) is 34.9 Å². The number of carbonyl (C=O) groups excluding carboxylic acids is 1. The highest BCUT2D eigenvalue weighted by Crippen LogP contribution is 2.19. The Hall–Kier alpha value is -1.07. The minimum atomic E-state index is -0.907. The molecule has 0 aliphatic rings. The molecule has 88 valence electrons. The predicted octanol–water partition coefficient (Wildman–Crippen LogP) is 1.03. The minimum Gasteiger partial charge on any atom is -0.398 e. The van der Waals surface area contributed by atoms with Crippen molar-refractivity contribution in [3.05, 3.63) is 28.8 Å². The number of hydrogen-bond acceptors (Lipinski definition) is 3. The van der Waals surface area contributed by atoms with Gasteiger partial charge in [0.05, 0.1) is 10.7 Å². The molecule has 1 aromatic carbocycles. The molecule has 16 heavy (non-hydrogen) atoms. The van der Waals surface area contributed by atoms with Crippen LogP contribution < -0.4 is 11.1 Å². The maximum Gasteiger partial charge on any atom is 0.251 e. The maximum atomic E-state index is 11.6. The van der Waals surface area contributed by atoms with Crippen molar-refractivity contribution in [3.8, 4) is 0 Å². The fourth-order valence-electron chi connectivity index (χ4n) is 1.08. The Labute approximate surface area is 102 Å². The molecule has 0 aromatic heterocycles. The van der Waals surface area contributed by atoms with Gasteiger partial charge in [-0.2, -0.15) is 0 Å². The van der Waals surface area contributed by atoms with Crippen LogP contribution in [0.2, 0.25) is 5.02 Å². The fourth-order valence-corrected chi connectivity index (χ4v) is 1.65. The molecule has 1 rings (SSSR count). The molecule has 1 unspecified atom stereocenters. The van der Waals surface area contributed by atoms with E-state index in [0.29, 0.717) is 28.6 Å². The van der Waals surface area contributed by atoms with Crippen LogP contribution in [0.4, 0.5) is 5.69 Å². The molecule has 0 fully saturated rings. The summed E-state index contributed by atoms with van der Waals surface area (Å²) in [6, 6.07) is 4.68. The van der Waals surface area contributed by atoms with E-state index in [9.17, 15) is 9.00 Å². The summed E-state index contributed by atoms with van der Waals surface area (Å²) in [5.74, 6) is 0.196. The summed E-state index contributed by atoms with van der Waals surface area (Å²) in [7, 11) is -0.907. The number of nitrogens with two attached hydrogens (primary N) is 1. The second-order valence-electron chi connectivity index (χ2n) is 3.27. The normalized spacial score (nSPS) is 12.1.